The third-order valence-electron chi connectivity index (χ3n) is 3.32. The van der Waals surface area contributed by atoms with Crippen molar-refractivity contribution in [2.24, 2.45) is 5.92 Å². The lowest BCUT2D eigenvalue weighted by Crippen LogP contribution is -2.28. The minimum absolute atomic E-state index is 0.157. The summed E-state index contributed by atoms with van der Waals surface area (Å²) < 4.78 is 2.91. The van der Waals surface area contributed by atoms with E-state index >= 15 is 0 Å². The number of carbonyl (C=O) groups is 1. The van der Waals surface area contributed by atoms with E-state index in [0.29, 0.717) is 19.0 Å². The molecule has 6 heteroatoms. The molecular formula is C13H15BrN4O. The number of anilines is 1. The molecule has 19 heavy (non-hydrogen) atoms. The average molecular weight is 323 g/mol. The van der Waals surface area contributed by atoms with E-state index in [4.69, 9.17) is 5.73 Å². The van der Waals surface area contributed by atoms with Crippen molar-refractivity contribution in [3.63, 3.8) is 0 Å². The lowest BCUT2D eigenvalue weighted by Gasteiger charge is -2.08. The Labute approximate surface area is 119 Å². The second-order valence-electron chi connectivity index (χ2n) is 4.82. The van der Waals surface area contributed by atoms with Crippen LogP contribution in [0.2, 0.25) is 0 Å². The van der Waals surface area contributed by atoms with Gasteiger partial charge in [0.1, 0.15) is 0 Å². The molecule has 100 valence electrons. The Morgan fingerprint density at radius 2 is 2.32 bits per heavy atom. The van der Waals surface area contributed by atoms with Gasteiger partial charge in [0.25, 0.3) is 0 Å². The van der Waals surface area contributed by atoms with Crippen LogP contribution in [-0.2, 0) is 11.3 Å². The SMILES string of the molecule is Nc1nc2ccc(Br)cc2n1CCNC(=O)C1CC1. The number of nitrogen functional groups attached to an aromatic ring is 1. The summed E-state index contributed by atoms with van der Waals surface area (Å²) in [6, 6.07) is 5.85. The Balaban J connectivity index is 1.74. The number of amides is 1. The van der Waals surface area contributed by atoms with Gasteiger partial charge in [0.05, 0.1) is 11.0 Å². The Bertz CT molecular complexity index is 633. The van der Waals surface area contributed by atoms with Gasteiger partial charge in [0, 0.05) is 23.5 Å². The summed E-state index contributed by atoms with van der Waals surface area (Å²) in [4.78, 5) is 15.9. The molecule has 0 aliphatic heterocycles. The molecule has 0 unspecified atom stereocenters. The summed E-state index contributed by atoms with van der Waals surface area (Å²) >= 11 is 3.44. The molecule has 3 rings (SSSR count). The minimum Gasteiger partial charge on any atom is -0.369 e. The van der Waals surface area contributed by atoms with E-state index < -0.39 is 0 Å². The van der Waals surface area contributed by atoms with Crippen LogP contribution in [0, 0.1) is 5.92 Å². The van der Waals surface area contributed by atoms with Gasteiger partial charge in [-0.05, 0) is 31.0 Å². The minimum atomic E-state index is 0.157. The Kier molecular flexibility index (Phi) is 3.18. The molecule has 1 aromatic carbocycles. The van der Waals surface area contributed by atoms with Gasteiger partial charge in [0.15, 0.2) is 0 Å². The van der Waals surface area contributed by atoms with Crippen LogP contribution in [0.15, 0.2) is 22.7 Å². The van der Waals surface area contributed by atoms with Crippen molar-refractivity contribution in [1.29, 1.82) is 0 Å². The van der Waals surface area contributed by atoms with Crippen LogP contribution in [0.3, 0.4) is 0 Å². The van der Waals surface area contributed by atoms with Crippen molar-refractivity contribution in [2.75, 3.05) is 12.3 Å². The monoisotopic (exact) mass is 322 g/mol. The van der Waals surface area contributed by atoms with Crippen LogP contribution >= 0.6 is 15.9 Å². The molecule has 1 aromatic heterocycles. The number of aromatic nitrogens is 2. The normalized spacial score (nSPS) is 14.8. The van der Waals surface area contributed by atoms with Crippen LogP contribution in [-0.4, -0.2) is 22.0 Å². The van der Waals surface area contributed by atoms with Crippen molar-refractivity contribution in [3.8, 4) is 0 Å². The van der Waals surface area contributed by atoms with Gasteiger partial charge in [-0.25, -0.2) is 4.98 Å². The molecular weight excluding hydrogens is 308 g/mol. The van der Waals surface area contributed by atoms with E-state index in [1.54, 1.807) is 0 Å². The van der Waals surface area contributed by atoms with E-state index in [2.05, 4.69) is 26.2 Å². The molecule has 1 aliphatic rings. The third kappa shape index (κ3) is 2.58. The molecule has 1 amide bonds. The van der Waals surface area contributed by atoms with E-state index in [-0.39, 0.29) is 11.8 Å². The fourth-order valence-electron chi connectivity index (χ4n) is 2.13. The first kappa shape index (κ1) is 12.5. The summed E-state index contributed by atoms with van der Waals surface area (Å²) in [6.07, 6.45) is 2.05. The predicted octanol–water partition coefficient (Wildman–Crippen LogP) is 1.91. The molecule has 1 heterocycles. The summed E-state index contributed by atoms with van der Waals surface area (Å²) in [6.45, 7) is 1.22. The fourth-order valence-corrected chi connectivity index (χ4v) is 2.48. The number of nitrogens with two attached hydrogens (primary N) is 1. The zero-order chi connectivity index (χ0) is 13.4. The Morgan fingerprint density at radius 3 is 3.05 bits per heavy atom. The van der Waals surface area contributed by atoms with Crippen molar-refractivity contribution in [3.05, 3.63) is 22.7 Å². The number of nitrogens with one attached hydrogen (secondary N) is 1. The van der Waals surface area contributed by atoms with E-state index in [1.165, 1.54) is 0 Å². The number of hydrogen-bond donors (Lipinski definition) is 2. The van der Waals surface area contributed by atoms with E-state index in [0.717, 1.165) is 28.3 Å². The topological polar surface area (TPSA) is 72.9 Å². The maximum absolute atomic E-state index is 11.6. The highest BCUT2D eigenvalue weighted by Gasteiger charge is 2.29. The molecule has 3 N–H and O–H groups in total. The second kappa shape index (κ2) is 4.85. The number of fused-ring (bicyclic) bond motifs is 1. The van der Waals surface area contributed by atoms with Gasteiger partial charge in [-0.2, -0.15) is 0 Å². The quantitative estimate of drug-likeness (QED) is 0.903. The Morgan fingerprint density at radius 1 is 1.53 bits per heavy atom. The molecule has 1 fully saturated rings. The number of imidazole rings is 1. The largest absolute Gasteiger partial charge is 0.369 e. The van der Waals surface area contributed by atoms with Crippen molar-refractivity contribution < 1.29 is 4.79 Å². The molecule has 0 bridgehead atoms. The van der Waals surface area contributed by atoms with Gasteiger partial charge in [-0.3, -0.25) is 4.79 Å². The van der Waals surface area contributed by atoms with Crippen LogP contribution in [0.25, 0.3) is 11.0 Å². The number of hydrogen-bond acceptors (Lipinski definition) is 3. The lowest BCUT2D eigenvalue weighted by molar-refractivity contribution is -0.122. The fraction of sp³-hybridized carbons (Fsp3) is 0.385. The smallest absolute Gasteiger partial charge is 0.223 e. The van der Waals surface area contributed by atoms with Crippen LogP contribution in [0.5, 0.6) is 0 Å². The molecule has 0 radical (unpaired) electrons. The molecule has 1 aliphatic carbocycles. The standard InChI is InChI=1S/C13H15BrN4O/c14-9-3-4-10-11(7-9)18(13(15)17-10)6-5-16-12(19)8-1-2-8/h3-4,7-8H,1-2,5-6H2,(H2,15,17)(H,16,19). The van der Waals surface area contributed by atoms with Gasteiger partial charge in [0.2, 0.25) is 11.9 Å². The van der Waals surface area contributed by atoms with Gasteiger partial charge >= 0.3 is 0 Å². The summed E-state index contributed by atoms with van der Waals surface area (Å²) in [7, 11) is 0. The number of benzene rings is 1. The van der Waals surface area contributed by atoms with Gasteiger partial charge < -0.3 is 15.6 Å². The first-order chi connectivity index (χ1) is 9.15. The van der Waals surface area contributed by atoms with Crippen LogP contribution in [0.1, 0.15) is 12.8 Å². The summed E-state index contributed by atoms with van der Waals surface area (Å²) in [5.41, 5.74) is 7.77. The highest BCUT2D eigenvalue weighted by molar-refractivity contribution is 9.10. The van der Waals surface area contributed by atoms with Crippen molar-refractivity contribution in [1.82, 2.24) is 14.9 Å². The van der Waals surface area contributed by atoms with E-state index in [9.17, 15) is 4.79 Å². The maximum Gasteiger partial charge on any atom is 0.223 e. The molecule has 0 saturated heterocycles. The predicted molar refractivity (Wildman–Crippen MR) is 77.6 cm³/mol. The van der Waals surface area contributed by atoms with Gasteiger partial charge in [-0.15, -0.1) is 0 Å². The molecule has 2 aromatic rings. The first-order valence-electron chi connectivity index (χ1n) is 6.34. The molecule has 0 atom stereocenters. The molecule has 5 nitrogen and oxygen atoms in total. The number of nitrogens with zero attached hydrogens (tertiary/aromatic N) is 2. The third-order valence-corrected chi connectivity index (χ3v) is 3.82. The number of halogens is 1. The zero-order valence-corrected chi connectivity index (χ0v) is 12.0. The van der Waals surface area contributed by atoms with Crippen LogP contribution < -0.4 is 11.1 Å². The van der Waals surface area contributed by atoms with Crippen molar-refractivity contribution >= 4 is 38.8 Å². The lowest BCUT2D eigenvalue weighted by atomic mass is 10.3. The van der Waals surface area contributed by atoms with E-state index in [1.807, 2.05) is 22.8 Å². The highest BCUT2D eigenvalue weighted by Crippen LogP contribution is 2.28. The zero-order valence-electron chi connectivity index (χ0n) is 10.4. The molecule has 1 saturated carbocycles. The summed E-state index contributed by atoms with van der Waals surface area (Å²) in [5, 5.41) is 2.93. The Hall–Kier alpha value is -1.56. The van der Waals surface area contributed by atoms with Crippen molar-refractivity contribution in [2.45, 2.75) is 19.4 Å². The van der Waals surface area contributed by atoms with Gasteiger partial charge in [-0.1, -0.05) is 15.9 Å². The maximum atomic E-state index is 11.6. The second-order valence-corrected chi connectivity index (χ2v) is 5.74. The first-order valence-corrected chi connectivity index (χ1v) is 7.13. The van der Waals surface area contributed by atoms with Crippen LogP contribution in [0.4, 0.5) is 5.95 Å². The summed E-state index contributed by atoms with van der Waals surface area (Å²) in [5.74, 6) is 0.879. The average Bonchev–Trinajstić information content (AvgIpc) is 3.17. The number of carbonyl (C=O) groups excluding carboxylic acids is 1. The molecule has 0 spiro atoms. The number of rotatable bonds is 4. The highest BCUT2D eigenvalue weighted by atomic mass is 79.9.